The number of Topliss-reactive ketones (excluding diaryl/α,β-unsaturated/α-hetero) is 1. The number of unbranched alkanes of at least 4 members (excludes halogenated alkanes) is 2. The number of nitrogens with one attached hydrogen (secondary N) is 1. The molecule has 3 N–H and O–H groups in total. The first kappa shape index (κ1) is 17.6. The first-order chi connectivity index (χ1) is 8.92. The average Bonchev–Trinajstić information content (AvgIpc) is 2.35. The molecule has 0 saturated carbocycles. The van der Waals surface area contributed by atoms with E-state index in [2.05, 4.69) is 5.32 Å². The van der Waals surface area contributed by atoms with Crippen molar-refractivity contribution < 1.29 is 24.6 Å². The normalized spacial score (nSPS) is 13.6. The molecule has 0 spiro atoms. The van der Waals surface area contributed by atoms with Crippen molar-refractivity contribution in [1.82, 2.24) is 5.32 Å². The zero-order valence-corrected chi connectivity index (χ0v) is 11.5. The van der Waals surface area contributed by atoms with Crippen LogP contribution in [0.3, 0.4) is 0 Å². The van der Waals surface area contributed by atoms with Crippen molar-refractivity contribution in [1.29, 1.82) is 0 Å². The topological polar surface area (TPSA) is 104 Å². The number of aliphatic carboxylic acids is 1. The molecule has 0 aliphatic heterocycles. The lowest BCUT2D eigenvalue weighted by Crippen LogP contribution is -2.46. The average molecular weight is 273 g/mol. The van der Waals surface area contributed by atoms with Crippen LogP contribution in [-0.4, -0.2) is 40.5 Å². The van der Waals surface area contributed by atoms with Gasteiger partial charge in [0.05, 0.1) is 6.42 Å². The fourth-order valence-corrected chi connectivity index (χ4v) is 1.62. The van der Waals surface area contributed by atoms with Gasteiger partial charge < -0.3 is 15.5 Å². The van der Waals surface area contributed by atoms with E-state index in [1.165, 1.54) is 6.92 Å². The molecule has 0 bridgehead atoms. The highest BCUT2D eigenvalue weighted by atomic mass is 16.4. The maximum atomic E-state index is 11.5. The first-order valence-electron chi connectivity index (χ1n) is 6.57. The second-order valence-corrected chi connectivity index (χ2v) is 4.72. The van der Waals surface area contributed by atoms with E-state index in [1.54, 1.807) is 0 Å². The fourth-order valence-electron chi connectivity index (χ4n) is 1.62. The molecule has 0 unspecified atom stereocenters. The number of aliphatic hydroxyl groups excluding tert-OH is 1. The van der Waals surface area contributed by atoms with Crippen LogP contribution >= 0.6 is 0 Å². The first-order valence-corrected chi connectivity index (χ1v) is 6.57. The molecule has 0 radical (unpaired) electrons. The number of ketones is 1. The van der Waals surface area contributed by atoms with Crippen LogP contribution < -0.4 is 5.32 Å². The lowest BCUT2D eigenvalue weighted by atomic mass is 10.0. The Bertz CT molecular complexity index is 316. The van der Waals surface area contributed by atoms with E-state index in [1.807, 2.05) is 6.92 Å². The summed E-state index contributed by atoms with van der Waals surface area (Å²) in [4.78, 5) is 33.9. The summed E-state index contributed by atoms with van der Waals surface area (Å²) in [6, 6.07) is -1.17. The summed E-state index contributed by atoms with van der Waals surface area (Å²) < 4.78 is 0. The van der Waals surface area contributed by atoms with Crippen LogP contribution in [-0.2, 0) is 14.4 Å². The van der Waals surface area contributed by atoms with Gasteiger partial charge in [-0.2, -0.15) is 0 Å². The quantitative estimate of drug-likeness (QED) is 0.402. The van der Waals surface area contributed by atoms with Crippen LogP contribution in [0.5, 0.6) is 0 Å². The number of amides is 1. The summed E-state index contributed by atoms with van der Waals surface area (Å²) in [5, 5.41) is 20.1. The summed E-state index contributed by atoms with van der Waals surface area (Å²) >= 11 is 0. The third-order valence-electron chi connectivity index (χ3n) is 2.86. The largest absolute Gasteiger partial charge is 0.480 e. The Kier molecular flexibility index (Phi) is 8.78. The summed E-state index contributed by atoms with van der Waals surface area (Å²) in [5.74, 6) is -2.61. The highest BCUT2D eigenvalue weighted by Crippen LogP contribution is 2.05. The van der Waals surface area contributed by atoms with Crippen molar-refractivity contribution in [3.8, 4) is 0 Å². The van der Waals surface area contributed by atoms with Gasteiger partial charge in [-0.05, 0) is 6.42 Å². The zero-order valence-electron chi connectivity index (χ0n) is 11.5. The lowest BCUT2D eigenvalue weighted by molar-refractivity contribution is -0.144. The third kappa shape index (κ3) is 7.56. The molecule has 0 fully saturated rings. The molecule has 0 aliphatic carbocycles. The van der Waals surface area contributed by atoms with E-state index in [0.29, 0.717) is 6.42 Å². The number of hydrogen-bond donors (Lipinski definition) is 3. The number of carbonyl (C=O) groups excluding carboxylic acids is 2. The van der Waals surface area contributed by atoms with Crippen LogP contribution in [0.25, 0.3) is 0 Å². The standard InChI is InChI=1S/C13H23NO5/c1-3-4-5-6-10(16)7-11(17)14-12(13(18)19)9(2)8-15/h9,12,15H,3-8H2,1-2H3,(H,14,17)(H,18,19)/t9-,12+/m0/s1. The van der Waals surface area contributed by atoms with Crippen molar-refractivity contribution in [2.45, 2.75) is 52.0 Å². The highest BCUT2D eigenvalue weighted by Gasteiger charge is 2.26. The molecule has 2 atom stereocenters. The van der Waals surface area contributed by atoms with Crippen molar-refractivity contribution in [3.63, 3.8) is 0 Å². The van der Waals surface area contributed by atoms with E-state index in [0.717, 1.165) is 19.3 Å². The Hall–Kier alpha value is -1.43. The number of hydrogen-bond acceptors (Lipinski definition) is 4. The summed E-state index contributed by atoms with van der Waals surface area (Å²) in [7, 11) is 0. The van der Waals surface area contributed by atoms with Gasteiger partial charge in [0.15, 0.2) is 0 Å². The van der Waals surface area contributed by atoms with Crippen molar-refractivity contribution in [2.24, 2.45) is 5.92 Å². The van der Waals surface area contributed by atoms with Crippen molar-refractivity contribution in [2.75, 3.05) is 6.61 Å². The molecule has 110 valence electrons. The van der Waals surface area contributed by atoms with Crippen molar-refractivity contribution >= 4 is 17.7 Å². The molecule has 6 heteroatoms. The van der Waals surface area contributed by atoms with Crippen LogP contribution in [0, 0.1) is 5.92 Å². The number of carboxylic acid groups (broad SMARTS) is 1. The highest BCUT2D eigenvalue weighted by molar-refractivity contribution is 5.99. The van der Waals surface area contributed by atoms with Crippen LogP contribution in [0.4, 0.5) is 0 Å². The summed E-state index contributed by atoms with van der Waals surface area (Å²) in [6.07, 6.45) is 2.72. The molecular weight excluding hydrogens is 250 g/mol. The van der Waals surface area contributed by atoms with Gasteiger partial charge in [-0.25, -0.2) is 4.79 Å². The van der Waals surface area contributed by atoms with Gasteiger partial charge in [-0.1, -0.05) is 26.7 Å². The second kappa shape index (κ2) is 9.49. The van der Waals surface area contributed by atoms with E-state index in [4.69, 9.17) is 10.2 Å². The van der Waals surface area contributed by atoms with E-state index in [9.17, 15) is 14.4 Å². The van der Waals surface area contributed by atoms with Gasteiger partial charge in [0, 0.05) is 18.9 Å². The molecule has 0 aromatic carbocycles. The number of rotatable bonds is 10. The Morgan fingerprint density at radius 2 is 1.84 bits per heavy atom. The molecule has 19 heavy (non-hydrogen) atoms. The van der Waals surface area contributed by atoms with Gasteiger partial charge in [0.2, 0.25) is 5.91 Å². The van der Waals surface area contributed by atoms with E-state index < -0.39 is 23.8 Å². The number of carboxylic acids is 1. The molecule has 0 heterocycles. The number of aliphatic hydroxyl groups is 1. The Labute approximate surface area is 113 Å². The van der Waals surface area contributed by atoms with Gasteiger partial charge in [0.25, 0.3) is 0 Å². The smallest absolute Gasteiger partial charge is 0.326 e. The molecule has 0 rings (SSSR count). The maximum Gasteiger partial charge on any atom is 0.326 e. The Morgan fingerprint density at radius 1 is 1.21 bits per heavy atom. The van der Waals surface area contributed by atoms with Crippen LogP contribution in [0.1, 0.15) is 46.0 Å². The SMILES string of the molecule is CCCCCC(=O)CC(=O)N[C@@H](C(=O)O)[C@@H](C)CO. The van der Waals surface area contributed by atoms with Crippen LogP contribution in [0.2, 0.25) is 0 Å². The third-order valence-corrected chi connectivity index (χ3v) is 2.86. The monoisotopic (exact) mass is 273 g/mol. The zero-order chi connectivity index (χ0) is 14.8. The molecule has 0 aromatic heterocycles. The second-order valence-electron chi connectivity index (χ2n) is 4.72. The minimum atomic E-state index is -1.21. The minimum Gasteiger partial charge on any atom is -0.480 e. The van der Waals surface area contributed by atoms with Gasteiger partial charge >= 0.3 is 5.97 Å². The summed E-state index contributed by atoms with van der Waals surface area (Å²) in [6.45, 7) is 3.19. The Morgan fingerprint density at radius 3 is 2.32 bits per heavy atom. The molecule has 0 saturated heterocycles. The minimum absolute atomic E-state index is 0.188. The fraction of sp³-hybridized carbons (Fsp3) is 0.769. The predicted octanol–water partition coefficient (Wildman–Crippen LogP) is 0.724. The molecule has 6 nitrogen and oxygen atoms in total. The lowest BCUT2D eigenvalue weighted by Gasteiger charge is -2.19. The van der Waals surface area contributed by atoms with Gasteiger partial charge in [-0.15, -0.1) is 0 Å². The van der Waals surface area contributed by atoms with Gasteiger partial charge in [0.1, 0.15) is 11.8 Å². The molecular formula is C13H23NO5. The van der Waals surface area contributed by atoms with Crippen LogP contribution in [0.15, 0.2) is 0 Å². The predicted molar refractivity (Wildman–Crippen MR) is 69.6 cm³/mol. The van der Waals surface area contributed by atoms with Gasteiger partial charge in [-0.3, -0.25) is 9.59 Å². The van der Waals surface area contributed by atoms with E-state index in [-0.39, 0.29) is 18.8 Å². The maximum absolute atomic E-state index is 11.5. The van der Waals surface area contributed by atoms with E-state index >= 15 is 0 Å². The summed E-state index contributed by atoms with van der Waals surface area (Å²) in [5.41, 5.74) is 0. The van der Waals surface area contributed by atoms with Crippen molar-refractivity contribution in [3.05, 3.63) is 0 Å². The molecule has 0 aromatic rings. The molecule has 1 amide bonds. The molecule has 0 aliphatic rings. The Balaban J connectivity index is 4.19. The number of carbonyl (C=O) groups is 3.